The Balaban J connectivity index is 1.62. The zero-order valence-corrected chi connectivity index (χ0v) is 14.9. The van der Waals surface area contributed by atoms with Gasteiger partial charge in [0.05, 0.1) is 0 Å². The Hall–Kier alpha value is -2.31. The van der Waals surface area contributed by atoms with Gasteiger partial charge >= 0.3 is 6.09 Å². The van der Waals surface area contributed by atoms with Crippen molar-refractivity contribution >= 4 is 12.0 Å². The number of likely N-dealkylation sites (tertiary alicyclic amines) is 1. The number of aromatic nitrogens is 1. The third kappa shape index (κ3) is 4.03. The molecular formula is C18H25N3O4. The summed E-state index contributed by atoms with van der Waals surface area (Å²) in [6.45, 7) is 7.10. The molecule has 2 bridgehead atoms. The number of fused-ring (bicyclic) bond motifs is 4. The number of nitrogens with zero attached hydrogens (tertiary/aromatic N) is 2. The largest absolute Gasteiger partial charge is 0.444 e. The SMILES string of the molecule is CC(C)(C)OC(=O)NCC(=O)N1C[C@@H]2C[C@@H](C1)c1cccc(=O)n1C2. The highest BCUT2D eigenvalue weighted by molar-refractivity contribution is 5.82. The van der Waals surface area contributed by atoms with E-state index in [4.69, 9.17) is 4.74 Å². The van der Waals surface area contributed by atoms with Gasteiger partial charge in [-0.3, -0.25) is 9.59 Å². The summed E-state index contributed by atoms with van der Waals surface area (Å²) in [4.78, 5) is 38.0. The quantitative estimate of drug-likeness (QED) is 0.875. The predicted octanol–water partition coefficient (Wildman–Crippen LogP) is 1.32. The van der Waals surface area contributed by atoms with Gasteiger partial charge in [0.15, 0.2) is 0 Å². The molecule has 0 aromatic carbocycles. The van der Waals surface area contributed by atoms with Crippen molar-refractivity contribution in [3.8, 4) is 0 Å². The normalized spacial score (nSPS) is 22.1. The molecule has 136 valence electrons. The summed E-state index contributed by atoms with van der Waals surface area (Å²) < 4.78 is 6.98. The predicted molar refractivity (Wildman–Crippen MR) is 92.4 cm³/mol. The first-order valence-electron chi connectivity index (χ1n) is 8.67. The molecule has 2 atom stereocenters. The van der Waals surface area contributed by atoms with E-state index in [0.29, 0.717) is 19.6 Å². The molecule has 2 aliphatic heterocycles. The number of alkyl carbamates (subject to hydrolysis) is 1. The van der Waals surface area contributed by atoms with Crippen LogP contribution in [0.5, 0.6) is 0 Å². The first-order chi connectivity index (χ1) is 11.7. The number of piperidine rings is 1. The van der Waals surface area contributed by atoms with E-state index in [1.54, 1.807) is 37.8 Å². The average molecular weight is 347 g/mol. The fraction of sp³-hybridized carbons (Fsp3) is 0.611. The molecule has 7 heteroatoms. The molecule has 1 N–H and O–H groups in total. The topological polar surface area (TPSA) is 80.6 Å². The fourth-order valence-electron chi connectivity index (χ4n) is 3.67. The lowest BCUT2D eigenvalue weighted by atomic mass is 9.83. The standard InChI is InChI=1S/C18H25N3O4/c1-18(2,3)25-17(24)19-8-16(23)20-9-12-7-13(11-20)14-5-4-6-15(22)21(14)10-12/h4-6,12-13H,7-11H2,1-3H3,(H,19,24)/t12-,13-/m0/s1. The fourth-order valence-corrected chi connectivity index (χ4v) is 3.67. The van der Waals surface area contributed by atoms with Crippen molar-refractivity contribution < 1.29 is 14.3 Å². The summed E-state index contributed by atoms with van der Waals surface area (Å²) >= 11 is 0. The number of amides is 2. The van der Waals surface area contributed by atoms with E-state index in [0.717, 1.165) is 12.1 Å². The number of hydrogen-bond acceptors (Lipinski definition) is 4. The molecule has 1 saturated heterocycles. The van der Waals surface area contributed by atoms with Crippen LogP contribution in [0.15, 0.2) is 23.0 Å². The summed E-state index contributed by atoms with van der Waals surface area (Å²) in [7, 11) is 0. The Kier molecular flexibility index (Phi) is 4.58. The molecule has 0 saturated carbocycles. The van der Waals surface area contributed by atoms with E-state index >= 15 is 0 Å². The van der Waals surface area contributed by atoms with E-state index in [1.165, 1.54) is 0 Å². The van der Waals surface area contributed by atoms with Gasteiger partial charge in [-0.25, -0.2) is 4.79 Å². The average Bonchev–Trinajstić information content (AvgIpc) is 2.52. The maximum Gasteiger partial charge on any atom is 0.408 e. The molecule has 1 aromatic rings. The van der Waals surface area contributed by atoms with Crippen LogP contribution in [0.2, 0.25) is 0 Å². The summed E-state index contributed by atoms with van der Waals surface area (Å²) in [6, 6.07) is 5.33. The summed E-state index contributed by atoms with van der Waals surface area (Å²) in [5.41, 5.74) is 0.437. The molecule has 3 rings (SSSR count). The molecule has 7 nitrogen and oxygen atoms in total. The molecule has 3 heterocycles. The molecule has 1 fully saturated rings. The number of carbonyl (C=O) groups is 2. The van der Waals surface area contributed by atoms with Crippen molar-refractivity contribution in [3.63, 3.8) is 0 Å². The summed E-state index contributed by atoms with van der Waals surface area (Å²) in [5, 5.41) is 2.52. The van der Waals surface area contributed by atoms with Crippen LogP contribution in [-0.2, 0) is 16.1 Å². The van der Waals surface area contributed by atoms with E-state index in [1.807, 2.05) is 10.6 Å². The van der Waals surface area contributed by atoms with E-state index in [-0.39, 0.29) is 29.8 Å². The molecule has 1 aromatic heterocycles. The van der Waals surface area contributed by atoms with Crippen molar-refractivity contribution in [2.75, 3.05) is 19.6 Å². The lowest BCUT2D eigenvalue weighted by Crippen LogP contribution is -2.51. The zero-order valence-electron chi connectivity index (χ0n) is 14.9. The first-order valence-corrected chi connectivity index (χ1v) is 8.67. The van der Waals surface area contributed by atoms with Crippen molar-refractivity contribution in [2.24, 2.45) is 5.92 Å². The highest BCUT2D eigenvalue weighted by Gasteiger charge is 2.36. The van der Waals surface area contributed by atoms with Crippen LogP contribution in [0.3, 0.4) is 0 Å². The van der Waals surface area contributed by atoms with Crippen LogP contribution >= 0.6 is 0 Å². The summed E-state index contributed by atoms with van der Waals surface area (Å²) in [5.74, 6) is 0.330. The van der Waals surface area contributed by atoms with Crippen molar-refractivity contribution in [2.45, 2.75) is 45.3 Å². The maximum absolute atomic E-state index is 12.5. The minimum Gasteiger partial charge on any atom is -0.444 e. The van der Waals surface area contributed by atoms with E-state index in [9.17, 15) is 14.4 Å². The van der Waals surface area contributed by atoms with Gasteiger partial charge in [0.1, 0.15) is 12.1 Å². The van der Waals surface area contributed by atoms with Crippen LogP contribution in [0, 0.1) is 5.92 Å². The van der Waals surface area contributed by atoms with Gasteiger partial charge in [-0.2, -0.15) is 0 Å². The third-order valence-electron chi connectivity index (χ3n) is 4.62. The third-order valence-corrected chi connectivity index (χ3v) is 4.62. The first kappa shape index (κ1) is 17.5. The monoisotopic (exact) mass is 347 g/mol. The Morgan fingerprint density at radius 2 is 2.00 bits per heavy atom. The van der Waals surface area contributed by atoms with Gasteiger partial charge in [-0.1, -0.05) is 6.07 Å². The number of nitrogens with one attached hydrogen (secondary N) is 1. The molecule has 25 heavy (non-hydrogen) atoms. The lowest BCUT2D eigenvalue weighted by Gasteiger charge is -2.42. The molecule has 0 spiro atoms. The Morgan fingerprint density at radius 3 is 2.72 bits per heavy atom. The molecule has 0 radical (unpaired) electrons. The van der Waals surface area contributed by atoms with Gasteiger partial charge in [0.25, 0.3) is 5.56 Å². The number of pyridine rings is 1. The van der Waals surface area contributed by atoms with Crippen LogP contribution in [-0.4, -0.2) is 46.7 Å². The van der Waals surface area contributed by atoms with Crippen molar-refractivity contribution in [3.05, 3.63) is 34.2 Å². The smallest absolute Gasteiger partial charge is 0.408 e. The highest BCUT2D eigenvalue weighted by Crippen LogP contribution is 2.34. The second-order valence-electron chi connectivity index (χ2n) is 7.85. The second kappa shape index (κ2) is 6.54. The number of rotatable bonds is 2. The maximum atomic E-state index is 12.5. The molecule has 2 amide bonds. The Labute approximate surface area is 147 Å². The Bertz CT molecular complexity index is 735. The van der Waals surface area contributed by atoms with Crippen LogP contribution < -0.4 is 10.9 Å². The molecule has 0 unspecified atom stereocenters. The van der Waals surface area contributed by atoms with Gasteiger partial charge in [0, 0.05) is 37.3 Å². The minimum atomic E-state index is -0.591. The van der Waals surface area contributed by atoms with Gasteiger partial charge in [0.2, 0.25) is 5.91 Å². The number of hydrogen-bond donors (Lipinski definition) is 1. The molecule has 0 aliphatic carbocycles. The second-order valence-corrected chi connectivity index (χ2v) is 7.85. The van der Waals surface area contributed by atoms with Crippen LogP contribution in [0.4, 0.5) is 4.79 Å². The highest BCUT2D eigenvalue weighted by atomic mass is 16.6. The van der Waals surface area contributed by atoms with E-state index < -0.39 is 11.7 Å². The van der Waals surface area contributed by atoms with Gasteiger partial charge < -0.3 is 19.5 Å². The minimum absolute atomic E-state index is 0.0265. The number of ether oxygens (including phenoxy) is 1. The number of carbonyl (C=O) groups excluding carboxylic acids is 2. The van der Waals surface area contributed by atoms with Gasteiger partial charge in [-0.15, -0.1) is 0 Å². The van der Waals surface area contributed by atoms with Gasteiger partial charge in [-0.05, 0) is 39.2 Å². The van der Waals surface area contributed by atoms with E-state index in [2.05, 4.69) is 5.32 Å². The Morgan fingerprint density at radius 1 is 1.24 bits per heavy atom. The van der Waals surface area contributed by atoms with Crippen molar-refractivity contribution in [1.29, 1.82) is 0 Å². The summed E-state index contributed by atoms with van der Waals surface area (Å²) in [6.07, 6.45) is 0.405. The zero-order chi connectivity index (χ0) is 18.2. The van der Waals surface area contributed by atoms with Crippen LogP contribution in [0.25, 0.3) is 0 Å². The lowest BCUT2D eigenvalue weighted by molar-refractivity contribution is -0.133. The molecule has 2 aliphatic rings. The van der Waals surface area contributed by atoms with Crippen molar-refractivity contribution in [1.82, 2.24) is 14.8 Å². The molecular weight excluding hydrogens is 322 g/mol. The van der Waals surface area contributed by atoms with Crippen LogP contribution in [0.1, 0.15) is 38.8 Å².